The number of alkyl halides is 2. The van der Waals surface area contributed by atoms with Gasteiger partial charge in [-0.05, 0) is 18.7 Å². The van der Waals surface area contributed by atoms with Gasteiger partial charge in [-0.15, -0.1) is 11.6 Å². The lowest BCUT2D eigenvalue weighted by Crippen LogP contribution is -2.07. The SMILES string of the molecule is CCOP(O)(=S)OC(F)CCl. The topological polar surface area (TPSA) is 38.7 Å². The first-order valence-corrected chi connectivity index (χ1v) is 6.00. The van der Waals surface area contributed by atoms with Gasteiger partial charge in [-0.1, -0.05) is 0 Å². The van der Waals surface area contributed by atoms with Gasteiger partial charge in [0.1, 0.15) is 0 Å². The Kier molecular flexibility index (Phi) is 5.77. The maximum absolute atomic E-state index is 12.3. The highest BCUT2D eigenvalue weighted by Gasteiger charge is 2.19. The van der Waals surface area contributed by atoms with E-state index < -0.39 is 13.1 Å². The molecule has 0 heterocycles. The van der Waals surface area contributed by atoms with Gasteiger partial charge in [0, 0.05) is 0 Å². The molecular formula is C4H9ClFO3PS. The molecule has 0 aromatic heterocycles. The molecule has 0 spiro atoms. The van der Waals surface area contributed by atoms with E-state index in [-0.39, 0.29) is 12.5 Å². The van der Waals surface area contributed by atoms with Crippen molar-refractivity contribution in [2.45, 2.75) is 13.3 Å². The summed E-state index contributed by atoms with van der Waals surface area (Å²) in [6.45, 7) is -1.59. The van der Waals surface area contributed by atoms with Gasteiger partial charge in [0.15, 0.2) is 0 Å². The molecule has 0 amide bonds. The van der Waals surface area contributed by atoms with Crippen LogP contribution in [-0.2, 0) is 20.9 Å². The monoisotopic (exact) mass is 222 g/mol. The molecule has 2 atom stereocenters. The number of rotatable bonds is 5. The van der Waals surface area contributed by atoms with Crippen molar-refractivity contribution in [3.8, 4) is 0 Å². The van der Waals surface area contributed by atoms with Gasteiger partial charge in [-0.3, -0.25) is 4.52 Å². The molecule has 7 heteroatoms. The minimum absolute atomic E-state index is 0.183. The van der Waals surface area contributed by atoms with Crippen LogP contribution < -0.4 is 0 Å². The second kappa shape index (κ2) is 5.41. The van der Waals surface area contributed by atoms with Crippen molar-refractivity contribution in [1.29, 1.82) is 0 Å². The fourth-order valence-electron chi connectivity index (χ4n) is 0.366. The van der Waals surface area contributed by atoms with Gasteiger partial charge >= 0.3 is 6.72 Å². The summed E-state index contributed by atoms with van der Waals surface area (Å²) >= 11 is 9.47. The minimum Gasteiger partial charge on any atom is -0.324 e. The minimum atomic E-state index is -3.39. The molecule has 0 saturated carbocycles. The second-order valence-electron chi connectivity index (χ2n) is 1.56. The summed E-state index contributed by atoms with van der Waals surface area (Å²) in [6, 6.07) is 0. The van der Waals surface area contributed by atoms with Crippen LogP contribution in [0.4, 0.5) is 4.39 Å². The molecule has 0 aromatic carbocycles. The average Bonchev–Trinajstić information content (AvgIpc) is 1.86. The fourth-order valence-corrected chi connectivity index (χ4v) is 1.86. The highest BCUT2D eigenvalue weighted by Crippen LogP contribution is 2.45. The highest BCUT2D eigenvalue weighted by molar-refractivity contribution is 8.07. The van der Waals surface area contributed by atoms with Gasteiger partial charge in [0.2, 0.25) is 6.36 Å². The zero-order valence-electron chi connectivity index (χ0n) is 5.87. The molecule has 0 radical (unpaired) electrons. The van der Waals surface area contributed by atoms with Crippen molar-refractivity contribution in [3.63, 3.8) is 0 Å². The van der Waals surface area contributed by atoms with E-state index in [1.807, 2.05) is 0 Å². The third-order valence-corrected chi connectivity index (χ3v) is 2.56. The molecule has 2 unspecified atom stereocenters. The zero-order valence-corrected chi connectivity index (χ0v) is 8.33. The van der Waals surface area contributed by atoms with Crippen LogP contribution >= 0.6 is 18.3 Å². The Balaban J connectivity index is 3.81. The summed E-state index contributed by atoms with van der Waals surface area (Å²) in [6.07, 6.45) is -1.76. The lowest BCUT2D eigenvalue weighted by molar-refractivity contribution is 0.0627. The lowest BCUT2D eigenvalue weighted by Gasteiger charge is -2.15. The maximum atomic E-state index is 12.3. The Morgan fingerprint density at radius 1 is 1.82 bits per heavy atom. The van der Waals surface area contributed by atoms with E-state index >= 15 is 0 Å². The third kappa shape index (κ3) is 5.96. The average molecular weight is 223 g/mol. The normalized spacial score (nSPS) is 19.3. The molecule has 1 N–H and O–H groups in total. The van der Waals surface area contributed by atoms with Crippen LogP contribution in [0.15, 0.2) is 0 Å². The Morgan fingerprint density at radius 3 is 2.73 bits per heavy atom. The predicted octanol–water partition coefficient (Wildman–Crippen LogP) is 1.79. The van der Waals surface area contributed by atoms with Crippen molar-refractivity contribution >= 4 is 30.1 Å². The smallest absolute Gasteiger partial charge is 0.324 e. The lowest BCUT2D eigenvalue weighted by atomic mass is 10.8. The summed E-state index contributed by atoms with van der Waals surface area (Å²) in [5, 5.41) is 0. The maximum Gasteiger partial charge on any atom is 0.327 e. The van der Waals surface area contributed by atoms with Crippen LogP contribution in [0.1, 0.15) is 6.92 Å². The molecule has 0 rings (SSSR count). The second-order valence-corrected chi connectivity index (χ2v) is 4.66. The van der Waals surface area contributed by atoms with Crippen molar-refractivity contribution in [2.24, 2.45) is 0 Å². The van der Waals surface area contributed by atoms with Gasteiger partial charge in [-0.25, -0.2) is 4.39 Å². The molecule has 0 aliphatic carbocycles. The third-order valence-electron chi connectivity index (χ3n) is 0.661. The first-order chi connectivity index (χ1) is 5.02. The summed E-state index contributed by atoms with van der Waals surface area (Å²) in [4.78, 5) is 9.00. The summed E-state index contributed by atoms with van der Waals surface area (Å²) in [5.41, 5.74) is 0. The molecule has 11 heavy (non-hydrogen) atoms. The number of halogens is 2. The van der Waals surface area contributed by atoms with Crippen LogP contribution in [0.5, 0.6) is 0 Å². The first-order valence-electron chi connectivity index (χ1n) is 2.87. The summed E-state index contributed by atoms with van der Waals surface area (Å²) in [7, 11) is 0. The molecule has 0 bridgehead atoms. The van der Waals surface area contributed by atoms with Crippen molar-refractivity contribution in [2.75, 3.05) is 12.5 Å². The van der Waals surface area contributed by atoms with E-state index in [1.165, 1.54) is 0 Å². The zero-order chi connectivity index (χ0) is 8.91. The Hall–Kier alpha value is 0.750. The van der Waals surface area contributed by atoms with E-state index in [4.69, 9.17) is 16.5 Å². The summed E-state index contributed by atoms with van der Waals surface area (Å²) < 4.78 is 21.2. The summed E-state index contributed by atoms with van der Waals surface area (Å²) in [5.74, 6) is -0.369. The quantitative estimate of drug-likeness (QED) is 0.569. The van der Waals surface area contributed by atoms with E-state index in [0.717, 1.165) is 0 Å². The molecule has 3 nitrogen and oxygen atoms in total. The van der Waals surface area contributed by atoms with Crippen LogP contribution in [0.2, 0.25) is 0 Å². The van der Waals surface area contributed by atoms with Crippen molar-refractivity contribution in [3.05, 3.63) is 0 Å². The van der Waals surface area contributed by atoms with Crippen LogP contribution in [-0.4, -0.2) is 23.7 Å². The fraction of sp³-hybridized carbons (Fsp3) is 1.00. The number of hydrogen-bond donors (Lipinski definition) is 1. The molecule has 0 saturated heterocycles. The van der Waals surface area contributed by atoms with Gasteiger partial charge < -0.3 is 9.42 Å². The highest BCUT2D eigenvalue weighted by atomic mass is 35.5. The standard InChI is InChI=1S/C4H9ClFO3PS/c1-2-8-10(7,11)9-4(6)3-5/h4H,2-3H2,1H3,(H,7,11). The van der Waals surface area contributed by atoms with Crippen LogP contribution in [0.25, 0.3) is 0 Å². The Bertz CT molecular complexity index is 158. The molecule has 68 valence electrons. The number of hydrogen-bond acceptors (Lipinski definition) is 3. The first kappa shape index (κ1) is 11.8. The Labute approximate surface area is 74.7 Å². The van der Waals surface area contributed by atoms with E-state index in [1.54, 1.807) is 6.92 Å². The van der Waals surface area contributed by atoms with Gasteiger partial charge in [0.05, 0.1) is 12.5 Å². The molecule has 0 aliphatic rings. The van der Waals surface area contributed by atoms with E-state index in [0.29, 0.717) is 0 Å². The van der Waals surface area contributed by atoms with Crippen LogP contribution in [0, 0.1) is 0 Å². The molecule has 0 fully saturated rings. The Morgan fingerprint density at radius 2 is 2.36 bits per heavy atom. The van der Waals surface area contributed by atoms with E-state index in [9.17, 15) is 4.39 Å². The van der Waals surface area contributed by atoms with Gasteiger partial charge in [0.25, 0.3) is 0 Å². The largest absolute Gasteiger partial charge is 0.327 e. The van der Waals surface area contributed by atoms with Crippen LogP contribution in [0.3, 0.4) is 0 Å². The van der Waals surface area contributed by atoms with E-state index in [2.05, 4.69) is 20.9 Å². The van der Waals surface area contributed by atoms with Crippen molar-refractivity contribution < 1.29 is 18.3 Å². The molecule has 0 aromatic rings. The predicted molar refractivity (Wildman–Crippen MR) is 44.8 cm³/mol. The van der Waals surface area contributed by atoms with Crippen molar-refractivity contribution in [1.82, 2.24) is 0 Å². The van der Waals surface area contributed by atoms with Gasteiger partial charge in [-0.2, -0.15) is 0 Å². The molecular weight excluding hydrogens is 214 g/mol. The molecule has 0 aliphatic heterocycles.